The van der Waals surface area contributed by atoms with Crippen LogP contribution in [0.25, 0.3) is 0 Å². The van der Waals surface area contributed by atoms with Crippen molar-refractivity contribution >= 4 is 17.5 Å². The maximum Gasteiger partial charge on any atom is 0.136 e. The van der Waals surface area contributed by atoms with Gasteiger partial charge in [0.15, 0.2) is 0 Å². The third-order valence-corrected chi connectivity index (χ3v) is 4.31. The van der Waals surface area contributed by atoms with E-state index in [1.165, 1.54) is 5.56 Å². The maximum atomic E-state index is 11.4. The smallest absolute Gasteiger partial charge is 0.136 e. The average molecular weight is 252 g/mol. The highest BCUT2D eigenvalue weighted by Crippen LogP contribution is 2.25. The van der Waals surface area contributed by atoms with E-state index in [1.807, 2.05) is 26.0 Å². The number of thioether (sulfide) groups is 1. The van der Waals surface area contributed by atoms with Crippen molar-refractivity contribution in [3.63, 3.8) is 0 Å². The summed E-state index contributed by atoms with van der Waals surface area (Å²) in [6.45, 7) is 5.65. The molecule has 17 heavy (non-hydrogen) atoms. The molecule has 0 amide bonds. The molecule has 0 aromatic heterocycles. The van der Waals surface area contributed by atoms with E-state index >= 15 is 0 Å². The lowest BCUT2D eigenvalue weighted by atomic mass is 9.92. The number of hydrogen-bond donors (Lipinski definition) is 0. The number of carbonyl (C=O) groups excluding carboxylic acids is 1. The maximum absolute atomic E-state index is 11.4. The standard InChI is InChI=1S/C14H20O2S/c1-11(15)14(2,3)10-17-9-12-5-7-13(16-4)8-6-12/h5-8H,9-10H2,1-4H3. The van der Waals surface area contributed by atoms with Crippen LogP contribution in [-0.4, -0.2) is 18.6 Å². The molecule has 1 aromatic rings. The molecule has 0 saturated heterocycles. The summed E-state index contributed by atoms with van der Waals surface area (Å²) in [7, 11) is 1.67. The van der Waals surface area contributed by atoms with Crippen molar-refractivity contribution < 1.29 is 9.53 Å². The van der Waals surface area contributed by atoms with Gasteiger partial charge in [-0.3, -0.25) is 4.79 Å². The largest absolute Gasteiger partial charge is 0.497 e. The Morgan fingerprint density at radius 2 is 1.88 bits per heavy atom. The van der Waals surface area contributed by atoms with E-state index < -0.39 is 0 Å². The summed E-state index contributed by atoms with van der Waals surface area (Å²) in [5, 5.41) is 0. The molecule has 2 nitrogen and oxygen atoms in total. The van der Waals surface area contributed by atoms with Crippen LogP contribution >= 0.6 is 11.8 Å². The van der Waals surface area contributed by atoms with E-state index in [4.69, 9.17) is 4.74 Å². The summed E-state index contributed by atoms with van der Waals surface area (Å²) in [5.41, 5.74) is 1.03. The van der Waals surface area contributed by atoms with Crippen molar-refractivity contribution in [2.24, 2.45) is 5.41 Å². The molecule has 0 bridgehead atoms. The first-order chi connectivity index (χ1) is 7.95. The van der Waals surface area contributed by atoms with Crippen LogP contribution in [0.3, 0.4) is 0 Å². The molecule has 0 fully saturated rings. The fourth-order valence-electron chi connectivity index (χ4n) is 1.25. The number of hydrogen-bond acceptors (Lipinski definition) is 3. The van der Waals surface area contributed by atoms with Gasteiger partial charge in [-0.2, -0.15) is 11.8 Å². The lowest BCUT2D eigenvalue weighted by Gasteiger charge is -2.20. The van der Waals surface area contributed by atoms with Crippen molar-refractivity contribution in [1.29, 1.82) is 0 Å². The Kier molecular flexibility index (Phi) is 5.06. The minimum absolute atomic E-state index is 0.225. The van der Waals surface area contributed by atoms with Gasteiger partial charge in [0.05, 0.1) is 7.11 Å². The van der Waals surface area contributed by atoms with E-state index in [9.17, 15) is 4.79 Å². The van der Waals surface area contributed by atoms with Crippen LogP contribution in [0.5, 0.6) is 5.75 Å². The number of ether oxygens (including phenoxy) is 1. The van der Waals surface area contributed by atoms with E-state index in [-0.39, 0.29) is 11.2 Å². The Labute approximate surface area is 108 Å². The molecule has 1 rings (SSSR count). The van der Waals surface area contributed by atoms with E-state index in [0.29, 0.717) is 0 Å². The zero-order valence-electron chi connectivity index (χ0n) is 10.9. The molecule has 0 atom stereocenters. The Morgan fingerprint density at radius 1 is 1.29 bits per heavy atom. The molecule has 0 aliphatic rings. The van der Waals surface area contributed by atoms with Gasteiger partial charge < -0.3 is 4.74 Å². The van der Waals surface area contributed by atoms with Gasteiger partial charge in [0.25, 0.3) is 0 Å². The number of benzene rings is 1. The van der Waals surface area contributed by atoms with Crippen LogP contribution in [0, 0.1) is 5.41 Å². The highest BCUT2D eigenvalue weighted by atomic mass is 32.2. The monoisotopic (exact) mass is 252 g/mol. The molecule has 1 aromatic carbocycles. The minimum atomic E-state index is -0.225. The molecule has 0 aliphatic carbocycles. The van der Waals surface area contributed by atoms with Crippen LogP contribution in [0.1, 0.15) is 26.3 Å². The quantitative estimate of drug-likeness (QED) is 0.774. The Morgan fingerprint density at radius 3 is 2.35 bits per heavy atom. The zero-order valence-corrected chi connectivity index (χ0v) is 11.8. The lowest BCUT2D eigenvalue weighted by molar-refractivity contribution is -0.123. The lowest BCUT2D eigenvalue weighted by Crippen LogP contribution is -2.24. The predicted octanol–water partition coefficient (Wildman–Crippen LogP) is 3.54. The summed E-state index contributed by atoms with van der Waals surface area (Å²) < 4.78 is 5.11. The number of carbonyl (C=O) groups is 1. The van der Waals surface area contributed by atoms with Crippen LogP contribution < -0.4 is 4.74 Å². The van der Waals surface area contributed by atoms with Gasteiger partial charge in [-0.15, -0.1) is 0 Å². The highest BCUT2D eigenvalue weighted by Gasteiger charge is 2.23. The SMILES string of the molecule is COc1ccc(CSCC(C)(C)C(C)=O)cc1. The van der Waals surface area contributed by atoms with Gasteiger partial charge in [0, 0.05) is 16.9 Å². The van der Waals surface area contributed by atoms with E-state index in [2.05, 4.69) is 12.1 Å². The molecule has 0 saturated carbocycles. The highest BCUT2D eigenvalue weighted by molar-refractivity contribution is 7.98. The third-order valence-electron chi connectivity index (χ3n) is 2.84. The van der Waals surface area contributed by atoms with Gasteiger partial charge in [-0.1, -0.05) is 26.0 Å². The summed E-state index contributed by atoms with van der Waals surface area (Å²) in [4.78, 5) is 11.4. The molecule has 0 radical (unpaired) electrons. The first-order valence-electron chi connectivity index (χ1n) is 5.67. The Bertz CT molecular complexity index is 368. The second-order valence-corrected chi connectivity index (χ2v) is 5.77. The topological polar surface area (TPSA) is 26.3 Å². The fraction of sp³-hybridized carbons (Fsp3) is 0.500. The Hall–Kier alpha value is -0.960. The second kappa shape index (κ2) is 6.10. The predicted molar refractivity (Wildman–Crippen MR) is 73.6 cm³/mol. The molecular weight excluding hydrogens is 232 g/mol. The van der Waals surface area contributed by atoms with Gasteiger partial charge in [-0.05, 0) is 24.6 Å². The van der Waals surface area contributed by atoms with Crippen LogP contribution in [0.4, 0.5) is 0 Å². The first kappa shape index (κ1) is 14.1. The van der Waals surface area contributed by atoms with Crippen LogP contribution in [0.15, 0.2) is 24.3 Å². The fourth-order valence-corrected chi connectivity index (χ4v) is 2.49. The van der Waals surface area contributed by atoms with Crippen molar-refractivity contribution in [2.75, 3.05) is 12.9 Å². The van der Waals surface area contributed by atoms with Crippen molar-refractivity contribution in [1.82, 2.24) is 0 Å². The molecule has 0 spiro atoms. The minimum Gasteiger partial charge on any atom is -0.497 e. The molecule has 0 N–H and O–H groups in total. The van der Waals surface area contributed by atoms with Crippen molar-refractivity contribution in [3.05, 3.63) is 29.8 Å². The van der Waals surface area contributed by atoms with Crippen molar-refractivity contribution in [2.45, 2.75) is 26.5 Å². The molecule has 0 aliphatic heterocycles. The number of Topliss-reactive ketones (excluding diaryl/α,β-unsaturated/α-hetero) is 1. The normalized spacial score (nSPS) is 11.3. The van der Waals surface area contributed by atoms with Gasteiger partial charge in [0.2, 0.25) is 0 Å². The number of methoxy groups -OCH3 is 1. The Balaban J connectivity index is 2.43. The number of rotatable bonds is 6. The zero-order chi connectivity index (χ0) is 12.9. The third kappa shape index (κ3) is 4.43. The van der Waals surface area contributed by atoms with E-state index in [1.54, 1.807) is 25.8 Å². The average Bonchev–Trinajstić information content (AvgIpc) is 2.29. The number of ketones is 1. The molecule has 0 unspecified atom stereocenters. The second-order valence-electron chi connectivity index (χ2n) is 4.78. The van der Waals surface area contributed by atoms with E-state index in [0.717, 1.165) is 17.3 Å². The van der Waals surface area contributed by atoms with Crippen molar-refractivity contribution in [3.8, 4) is 5.75 Å². The van der Waals surface area contributed by atoms with Crippen LogP contribution in [0.2, 0.25) is 0 Å². The van der Waals surface area contributed by atoms with Gasteiger partial charge in [-0.25, -0.2) is 0 Å². The summed E-state index contributed by atoms with van der Waals surface area (Å²) in [6, 6.07) is 8.05. The molecule has 0 heterocycles. The summed E-state index contributed by atoms with van der Waals surface area (Å²) in [5.74, 6) is 2.91. The van der Waals surface area contributed by atoms with Gasteiger partial charge in [0.1, 0.15) is 11.5 Å². The van der Waals surface area contributed by atoms with Gasteiger partial charge >= 0.3 is 0 Å². The molecular formula is C14H20O2S. The molecule has 3 heteroatoms. The summed E-state index contributed by atoms with van der Waals surface area (Å²) >= 11 is 1.79. The van der Waals surface area contributed by atoms with Crippen LogP contribution in [-0.2, 0) is 10.5 Å². The molecule has 94 valence electrons. The summed E-state index contributed by atoms with van der Waals surface area (Å²) in [6.07, 6.45) is 0. The first-order valence-corrected chi connectivity index (χ1v) is 6.83.